The summed E-state index contributed by atoms with van der Waals surface area (Å²) in [5.41, 5.74) is 1.98. The Hall–Kier alpha value is -2.92. The minimum atomic E-state index is -0.0204. The second-order valence-corrected chi connectivity index (χ2v) is 4.44. The van der Waals surface area contributed by atoms with Crippen LogP contribution in [0.25, 0.3) is 16.8 Å². The molecule has 0 radical (unpaired) electrons. The second kappa shape index (κ2) is 5.22. The minimum absolute atomic E-state index is 0.0204. The summed E-state index contributed by atoms with van der Waals surface area (Å²) in [6.45, 7) is 1.13. The number of pyridine rings is 1. The van der Waals surface area contributed by atoms with Crippen LogP contribution in [-0.4, -0.2) is 43.4 Å². The van der Waals surface area contributed by atoms with Crippen molar-refractivity contribution in [2.75, 3.05) is 13.7 Å². The lowest BCUT2D eigenvalue weighted by Crippen LogP contribution is -2.04. The molecule has 3 rings (SSSR count). The Kier molecular flexibility index (Phi) is 3.25. The molecule has 3 aromatic heterocycles. The molecule has 0 spiro atoms. The van der Waals surface area contributed by atoms with E-state index in [2.05, 4.69) is 15.4 Å². The summed E-state index contributed by atoms with van der Waals surface area (Å²) in [5.74, 6) is -0.0204. The second-order valence-electron chi connectivity index (χ2n) is 4.44. The lowest BCUT2D eigenvalue weighted by molar-refractivity contribution is 0.183. The van der Waals surface area contributed by atoms with Crippen molar-refractivity contribution in [2.24, 2.45) is 0 Å². The molecule has 0 aromatic carbocycles. The van der Waals surface area contributed by atoms with E-state index in [1.807, 2.05) is 6.07 Å². The number of ether oxygens (including phenoxy) is 1. The first kappa shape index (κ1) is 13.1. The molecule has 0 fully saturated rings. The van der Waals surface area contributed by atoms with Crippen molar-refractivity contribution in [3.63, 3.8) is 0 Å². The minimum Gasteiger partial charge on any atom is -0.506 e. The quantitative estimate of drug-likeness (QED) is 0.761. The summed E-state index contributed by atoms with van der Waals surface area (Å²) in [6.07, 6.45) is 4.86. The molecule has 1 N–H and O–H groups in total. The summed E-state index contributed by atoms with van der Waals surface area (Å²) in [6, 6.07) is 3.53. The Morgan fingerprint density at radius 3 is 3.05 bits per heavy atom. The zero-order valence-corrected chi connectivity index (χ0v) is 11.3. The van der Waals surface area contributed by atoms with Gasteiger partial charge in [0.25, 0.3) is 0 Å². The van der Waals surface area contributed by atoms with E-state index < -0.39 is 0 Å². The van der Waals surface area contributed by atoms with E-state index in [1.165, 1.54) is 10.7 Å². The van der Waals surface area contributed by atoms with Gasteiger partial charge in [-0.25, -0.2) is 9.20 Å². The van der Waals surface area contributed by atoms with Gasteiger partial charge in [0.2, 0.25) is 0 Å². The van der Waals surface area contributed by atoms with Crippen molar-refractivity contribution in [1.29, 1.82) is 5.26 Å². The maximum absolute atomic E-state index is 10.1. The van der Waals surface area contributed by atoms with Gasteiger partial charge in [-0.05, 0) is 6.07 Å². The van der Waals surface area contributed by atoms with Crippen LogP contribution in [0.15, 0.2) is 24.7 Å². The Balaban J connectivity index is 2.01. The van der Waals surface area contributed by atoms with Crippen LogP contribution in [0.2, 0.25) is 0 Å². The van der Waals surface area contributed by atoms with Crippen molar-refractivity contribution in [1.82, 2.24) is 24.6 Å². The van der Waals surface area contributed by atoms with E-state index in [1.54, 1.807) is 30.3 Å². The third kappa shape index (κ3) is 2.30. The standard InChI is InChI=1S/C13H12N6O2/c1-21-3-2-18-8-11(16-17-18)9-4-12(20)13-10(5-14)6-15-19(13)7-9/h4,6-8,20H,2-3H2,1H3. The summed E-state index contributed by atoms with van der Waals surface area (Å²) < 4.78 is 8.09. The van der Waals surface area contributed by atoms with Gasteiger partial charge in [-0.2, -0.15) is 10.4 Å². The van der Waals surface area contributed by atoms with E-state index >= 15 is 0 Å². The summed E-state index contributed by atoms with van der Waals surface area (Å²) in [5, 5.41) is 31.1. The Bertz CT molecular complexity index is 829. The van der Waals surface area contributed by atoms with Crippen molar-refractivity contribution < 1.29 is 9.84 Å². The topological polar surface area (TPSA) is 101 Å². The highest BCUT2D eigenvalue weighted by Gasteiger charge is 2.12. The van der Waals surface area contributed by atoms with Crippen molar-refractivity contribution in [3.05, 3.63) is 30.2 Å². The van der Waals surface area contributed by atoms with Gasteiger partial charge in [0.15, 0.2) is 0 Å². The molecule has 0 saturated heterocycles. The molecular weight excluding hydrogens is 272 g/mol. The van der Waals surface area contributed by atoms with Crippen molar-refractivity contribution in [3.8, 4) is 23.1 Å². The highest BCUT2D eigenvalue weighted by atomic mass is 16.5. The first-order valence-corrected chi connectivity index (χ1v) is 6.23. The predicted molar refractivity (Wildman–Crippen MR) is 72.5 cm³/mol. The van der Waals surface area contributed by atoms with E-state index in [0.29, 0.717) is 35.5 Å². The third-order valence-electron chi connectivity index (χ3n) is 3.07. The molecular formula is C13H12N6O2. The number of nitriles is 1. The number of fused-ring (bicyclic) bond motifs is 1. The molecule has 0 aliphatic heterocycles. The number of rotatable bonds is 4. The van der Waals surface area contributed by atoms with Gasteiger partial charge in [-0.3, -0.25) is 0 Å². The fraction of sp³-hybridized carbons (Fsp3) is 0.231. The number of aromatic nitrogens is 5. The summed E-state index contributed by atoms with van der Waals surface area (Å²) in [4.78, 5) is 0. The largest absolute Gasteiger partial charge is 0.506 e. The van der Waals surface area contributed by atoms with Gasteiger partial charge in [0, 0.05) is 18.9 Å². The molecule has 0 unspecified atom stereocenters. The Morgan fingerprint density at radius 2 is 2.29 bits per heavy atom. The molecule has 0 atom stereocenters. The van der Waals surface area contributed by atoms with Gasteiger partial charge in [-0.15, -0.1) is 5.10 Å². The summed E-state index contributed by atoms with van der Waals surface area (Å²) >= 11 is 0. The van der Waals surface area contributed by atoms with Crippen LogP contribution >= 0.6 is 0 Å². The first-order valence-electron chi connectivity index (χ1n) is 6.23. The maximum Gasteiger partial charge on any atom is 0.143 e. The average Bonchev–Trinajstić information content (AvgIpc) is 3.11. The SMILES string of the molecule is COCCn1cc(-c2cc(O)c3c(C#N)cnn3c2)nn1. The molecule has 0 aliphatic rings. The van der Waals surface area contributed by atoms with Crippen LogP contribution in [0.1, 0.15) is 5.56 Å². The molecule has 8 heteroatoms. The highest BCUT2D eigenvalue weighted by Crippen LogP contribution is 2.27. The lowest BCUT2D eigenvalue weighted by Gasteiger charge is -2.01. The van der Waals surface area contributed by atoms with E-state index in [9.17, 15) is 5.11 Å². The fourth-order valence-corrected chi connectivity index (χ4v) is 2.05. The zero-order valence-electron chi connectivity index (χ0n) is 11.3. The average molecular weight is 284 g/mol. The van der Waals surface area contributed by atoms with E-state index in [-0.39, 0.29) is 5.75 Å². The normalized spacial score (nSPS) is 10.9. The zero-order chi connectivity index (χ0) is 14.8. The van der Waals surface area contributed by atoms with Crippen LogP contribution in [-0.2, 0) is 11.3 Å². The molecule has 0 saturated carbocycles. The number of methoxy groups -OCH3 is 1. The van der Waals surface area contributed by atoms with Crippen LogP contribution in [0, 0.1) is 11.3 Å². The molecule has 0 aliphatic carbocycles. The predicted octanol–water partition coefficient (Wildman–Crippen LogP) is 0.816. The van der Waals surface area contributed by atoms with Crippen molar-refractivity contribution in [2.45, 2.75) is 6.54 Å². The Morgan fingerprint density at radius 1 is 1.43 bits per heavy atom. The van der Waals surface area contributed by atoms with Gasteiger partial charge in [-0.1, -0.05) is 5.21 Å². The van der Waals surface area contributed by atoms with Crippen molar-refractivity contribution >= 4 is 5.52 Å². The molecule has 3 aromatic rings. The number of hydrogen-bond donors (Lipinski definition) is 1. The third-order valence-corrected chi connectivity index (χ3v) is 3.07. The van der Waals surface area contributed by atoms with Crippen LogP contribution < -0.4 is 0 Å². The first-order chi connectivity index (χ1) is 10.2. The molecule has 21 heavy (non-hydrogen) atoms. The van der Waals surface area contributed by atoms with E-state index in [4.69, 9.17) is 10.00 Å². The Labute approximate surface area is 119 Å². The highest BCUT2D eigenvalue weighted by molar-refractivity contribution is 5.73. The van der Waals surface area contributed by atoms with Crippen LogP contribution in [0.3, 0.4) is 0 Å². The van der Waals surface area contributed by atoms with Crippen LogP contribution in [0.4, 0.5) is 0 Å². The number of hydrogen-bond acceptors (Lipinski definition) is 6. The molecule has 8 nitrogen and oxygen atoms in total. The van der Waals surface area contributed by atoms with Gasteiger partial charge in [0.1, 0.15) is 28.6 Å². The molecule has 106 valence electrons. The van der Waals surface area contributed by atoms with Gasteiger partial charge in [0.05, 0.1) is 25.5 Å². The molecule has 3 heterocycles. The summed E-state index contributed by atoms with van der Waals surface area (Å²) in [7, 11) is 1.62. The lowest BCUT2D eigenvalue weighted by atomic mass is 10.2. The monoisotopic (exact) mass is 284 g/mol. The fourth-order valence-electron chi connectivity index (χ4n) is 2.05. The van der Waals surface area contributed by atoms with Gasteiger partial charge < -0.3 is 9.84 Å². The smallest absolute Gasteiger partial charge is 0.143 e. The number of nitrogens with zero attached hydrogens (tertiary/aromatic N) is 6. The maximum atomic E-state index is 10.1. The van der Waals surface area contributed by atoms with Gasteiger partial charge >= 0.3 is 0 Å². The van der Waals surface area contributed by atoms with Crippen LogP contribution in [0.5, 0.6) is 5.75 Å². The van der Waals surface area contributed by atoms with E-state index in [0.717, 1.165) is 0 Å². The number of aromatic hydroxyl groups is 1. The molecule has 0 bridgehead atoms. The molecule has 0 amide bonds.